The van der Waals surface area contributed by atoms with Gasteiger partial charge in [-0.05, 0) is 24.1 Å². The maximum atomic E-state index is 10.8. The van der Waals surface area contributed by atoms with Crippen LogP contribution in [0.25, 0.3) is 0 Å². The minimum Gasteiger partial charge on any atom is -0.447 e. The molecule has 1 N–H and O–H groups in total. The molecule has 0 aliphatic carbocycles. The Labute approximate surface area is 90.6 Å². The van der Waals surface area contributed by atoms with Crippen molar-refractivity contribution in [2.24, 2.45) is 0 Å². The largest absolute Gasteiger partial charge is 0.447 e. The van der Waals surface area contributed by atoms with Crippen LogP contribution in [0.15, 0.2) is 28.7 Å². The molecular formula is C10H10BrNO2. The average Bonchev–Trinajstić information content (AvgIpc) is 2.51. The Morgan fingerprint density at radius 3 is 3.07 bits per heavy atom. The molecule has 1 aromatic carbocycles. The molecule has 4 heteroatoms. The van der Waals surface area contributed by atoms with E-state index in [1.54, 1.807) is 0 Å². The second-order valence-corrected chi connectivity index (χ2v) is 4.19. The fraction of sp³-hybridized carbons (Fsp3) is 0.300. The third kappa shape index (κ3) is 2.26. The molecule has 1 heterocycles. The Morgan fingerprint density at radius 1 is 1.57 bits per heavy atom. The third-order valence-corrected chi connectivity index (χ3v) is 2.60. The van der Waals surface area contributed by atoms with Crippen LogP contribution in [0.1, 0.15) is 5.56 Å². The van der Waals surface area contributed by atoms with Crippen molar-refractivity contribution in [1.82, 2.24) is 5.32 Å². The molecule has 1 saturated heterocycles. The summed E-state index contributed by atoms with van der Waals surface area (Å²) in [5.41, 5.74) is 1.19. The molecule has 0 spiro atoms. The smallest absolute Gasteiger partial charge is 0.407 e. The van der Waals surface area contributed by atoms with E-state index in [9.17, 15) is 4.79 Å². The fourth-order valence-corrected chi connectivity index (χ4v) is 1.93. The Kier molecular flexibility index (Phi) is 2.72. The summed E-state index contributed by atoms with van der Waals surface area (Å²) in [5, 5.41) is 2.75. The number of alkyl carbamates (subject to hydrolysis) is 1. The molecular weight excluding hydrogens is 246 g/mol. The summed E-state index contributed by atoms with van der Waals surface area (Å²) < 4.78 is 5.86. The number of halogens is 1. The number of amides is 1. The van der Waals surface area contributed by atoms with Gasteiger partial charge in [0.1, 0.15) is 6.61 Å². The maximum Gasteiger partial charge on any atom is 0.407 e. The molecule has 1 aliphatic rings. The summed E-state index contributed by atoms with van der Waals surface area (Å²) in [6, 6.07) is 8.15. The van der Waals surface area contributed by atoms with Crippen LogP contribution in [0.3, 0.4) is 0 Å². The van der Waals surface area contributed by atoms with Gasteiger partial charge in [-0.2, -0.15) is 0 Å². The second-order valence-electron chi connectivity index (χ2n) is 3.27. The zero-order chi connectivity index (χ0) is 9.97. The number of benzene rings is 1. The Bertz CT molecular complexity index is 354. The minimum atomic E-state index is -0.315. The predicted octanol–water partition coefficient (Wildman–Crippen LogP) is 2.10. The van der Waals surface area contributed by atoms with Crippen molar-refractivity contribution in [3.05, 3.63) is 34.3 Å². The van der Waals surface area contributed by atoms with Gasteiger partial charge in [0, 0.05) is 4.47 Å². The van der Waals surface area contributed by atoms with Crippen LogP contribution < -0.4 is 5.32 Å². The number of carbonyl (C=O) groups excluding carboxylic acids is 1. The highest BCUT2D eigenvalue weighted by atomic mass is 79.9. The molecule has 3 nitrogen and oxygen atoms in total. The number of hydrogen-bond acceptors (Lipinski definition) is 2. The molecule has 0 radical (unpaired) electrons. The van der Waals surface area contributed by atoms with Gasteiger partial charge in [0.05, 0.1) is 6.04 Å². The Morgan fingerprint density at radius 2 is 2.43 bits per heavy atom. The molecule has 0 aromatic heterocycles. The van der Waals surface area contributed by atoms with Crippen LogP contribution in [0.2, 0.25) is 0 Å². The zero-order valence-corrected chi connectivity index (χ0v) is 9.08. The van der Waals surface area contributed by atoms with Gasteiger partial charge in [-0.3, -0.25) is 0 Å². The van der Waals surface area contributed by atoms with Gasteiger partial charge < -0.3 is 10.1 Å². The lowest BCUT2D eigenvalue weighted by Crippen LogP contribution is -2.28. The van der Waals surface area contributed by atoms with Crippen LogP contribution in [-0.4, -0.2) is 18.7 Å². The van der Waals surface area contributed by atoms with Gasteiger partial charge in [0.15, 0.2) is 0 Å². The molecule has 0 saturated carbocycles. The van der Waals surface area contributed by atoms with E-state index in [0.29, 0.717) is 6.61 Å². The SMILES string of the molecule is O=C1N[C@@H](Cc2cccc(Br)c2)CO1. The van der Waals surface area contributed by atoms with E-state index in [0.717, 1.165) is 10.9 Å². The van der Waals surface area contributed by atoms with Gasteiger partial charge >= 0.3 is 6.09 Å². The van der Waals surface area contributed by atoms with E-state index in [4.69, 9.17) is 4.74 Å². The summed E-state index contributed by atoms with van der Waals surface area (Å²) in [4.78, 5) is 10.8. The van der Waals surface area contributed by atoms with Gasteiger partial charge in [-0.25, -0.2) is 4.79 Å². The Hall–Kier alpha value is -1.03. The van der Waals surface area contributed by atoms with Crippen LogP contribution in [-0.2, 0) is 11.2 Å². The number of carbonyl (C=O) groups is 1. The van der Waals surface area contributed by atoms with Crippen molar-refractivity contribution in [1.29, 1.82) is 0 Å². The molecule has 1 aliphatic heterocycles. The van der Waals surface area contributed by atoms with Crippen molar-refractivity contribution < 1.29 is 9.53 Å². The lowest BCUT2D eigenvalue weighted by Gasteiger charge is -2.06. The number of rotatable bonds is 2. The molecule has 1 fully saturated rings. The molecule has 0 unspecified atom stereocenters. The monoisotopic (exact) mass is 255 g/mol. The number of nitrogens with one attached hydrogen (secondary N) is 1. The highest BCUT2D eigenvalue weighted by Crippen LogP contribution is 2.14. The normalized spacial score (nSPS) is 20.4. The minimum absolute atomic E-state index is 0.108. The van der Waals surface area contributed by atoms with E-state index < -0.39 is 0 Å². The zero-order valence-electron chi connectivity index (χ0n) is 7.50. The van der Waals surface area contributed by atoms with Gasteiger partial charge in [-0.15, -0.1) is 0 Å². The van der Waals surface area contributed by atoms with E-state index >= 15 is 0 Å². The first-order valence-corrected chi connectivity index (χ1v) is 5.21. The van der Waals surface area contributed by atoms with Gasteiger partial charge in [0.25, 0.3) is 0 Å². The molecule has 2 rings (SSSR count). The summed E-state index contributed by atoms with van der Waals surface area (Å²) in [6.45, 7) is 0.464. The highest BCUT2D eigenvalue weighted by Gasteiger charge is 2.21. The number of ether oxygens (including phenoxy) is 1. The molecule has 0 bridgehead atoms. The predicted molar refractivity (Wildman–Crippen MR) is 56.1 cm³/mol. The van der Waals surface area contributed by atoms with E-state index in [1.165, 1.54) is 5.56 Å². The van der Waals surface area contributed by atoms with Crippen molar-refractivity contribution in [3.63, 3.8) is 0 Å². The number of cyclic esters (lactones) is 1. The topological polar surface area (TPSA) is 38.3 Å². The summed E-state index contributed by atoms with van der Waals surface area (Å²) in [5.74, 6) is 0. The van der Waals surface area contributed by atoms with E-state index in [1.807, 2.05) is 24.3 Å². The number of hydrogen-bond donors (Lipinski definition) is 1. The lowest BCUT2D eigenvalue weighted by molar-refractivity contribution is 0.177. The van der Waals surface area contributed by atoms with Gasteiger partial charge in [-0.1, -0.05) is 28.1 Å². The van der Waals surface area contributed by atoms with Crippen molar-refractivity contribution in [2.45, 2.75) is 12.5 Å². The molecule has 14 heavy (non-hydrogen) atoms. The quantitative estimate of drug-likeness (QED) is 0.879. The summed E-state index contributed by atoms with van der Waals surface area (Å²) in [6.07, 6.45) is 0.496. The molecule has 1 amide bonds. The van der Waals surface area contributed by atoms with E-state index in [2.05, 4.69) is 21.2 Å². The van der Waals surface area contributed by atoms with Crippen LogP contribution >= 0.6 is 15.9 Å². The molecule has 74 valence electrons. The Balaban J connectivity index is 2.00. The second kappa shape index (κ2) is 4.00. The van der Waals surface area contributed by atoms with Crippen LogP contribution in [0.5, 0.6) is 0 Å². The fourth-order valence-electron chi connectivity index (χ4n) is 1.48. The average molecular weight is 256 g/mol. The van der Waals surface area contributed by atoms with Crippen LogP contribution in [0, 0.1) is 0 Å². The first-order chi connectivity index (χ1) is 6.74. The van der Waals surface area contributed by atoms with Crippen molar-refractivity contribution in [2.75, 3.05) is 6.61 Å². The summed E-state index contributed by atoms with van der Waals surface area (Å²) in [7, 11) is 0. The van der Waals surface area contributed by atoms with Gasteiger partial charge in [0.2, 0.25) is 0 Å². The molecule has 1 aromatic rings. The first kappa shape index (κ1) is 9.52. The molecule has 1 atom stereocenters. The summed E-state index contributed by atoms with van der Waals surface area (Å²) >= 11 is 3.40. The first-order valence-electron chi connectivity index (χ1n) is 4.42. The highest BCUT2D eigenvalue weighted by molar-refractivity contribution is 9.10. The maximum absolute atomic E-state index is 10.8. The van der Waals surface area contributed by atoms with Crippen LogP contribution in [0.4, 0.5) is 4.79 Å². The van der Waals surface area contributed by atoms with E-state index in [-0.39, 0.29) is 12.1 Å². The standard InChI is InChI=1S/C10H10BrNO2/c11-8-3-1-2-7(4-8)5-9-6-14-10(13)12-9/h1-4,9H,5-6H2,(H,12,13)/t9-/m0/s1. The van der Waals surface area contributed by atoms with Crippen molar-refractivity contribution in [3.8, 4) is 0 Å². The third-order valence-electron chi connectivity index (χ3n) is 2.11. The lowest BCUT2D eigenvalue weighted by atomic mass is 10.1. The van der Waals surface area contributed by atoms with Crippen molar-refractivity contribution >= 4 is 22.0 Å².